The Labute approximate surface area is 77.1 Å². The molecule has 0 aromatic carbocycles. The standard InChI is InChI=1S/C8H14N2OS/c1-6(9)4-12-5-8(10-3)7(2)11/h5,9-10H,4H2,1-3H3/b8-5+,9-6?. The van der Waals surface area contributed by atoms with Gasteiger partial charge in [-0.1, -0.05) is 0 Å². The van der Waals surface area contributed by atoms with Crippen molar-refractivity contribution in [2.75, 3.05) is 12.8 Å². The van der Waals surface area contributed by atoms with E-state index in [0.29, 0.717) is 17.2 Å². The number of likely N-dealkylation sites (N-methyl/N-ethyl adjacent to an activating group) is 1. The number of carbonyl (C=O) groups excluding carboxylic acids is 1. The first-order chi connectivity index (χ1) is 5.57. The summed E-state index contributed by atoms with van der Waals surface area (Å²) in [6.45, 7) is 3.26. The minimum atomic E-state index is 0.0210. The number of ketones is 1. The molecule has 0 spiro atoms. The third-order valence-corrected chi connectivity index (χ3v) is 2.15. The minimum absolute atomic E-state index is 0.0210. The smallest absolute Gasteiger partial charge is 0.176 e. The van der Waals surface area contributed by atoms with Crippen LogP contribution in [0.5, 0.6) is 0 Å². The van der Waals surface area contributed by atoms with Gasteiger partial charge in [0.1, 0.15) is 0 Å². The van der Waals surface area contributed by atoms with E-state index >= 15 is 0 Å². The van der Waals surface area contributed by atoms with Gasteiger partial charge >= 0.3 is 0 Å². The lowest BCUT2D eigenvalue weighted by Gasteiger charge is -2.00. The van der Waals surface area contributed by atoms with E-state index in [4.69, 9.17) is 5.41 Å². The van der Waals surface area contributed by atoms with Crippen molar-refractivity contribution in [2.24, 2.45) is 0 Å². The van der Waals surface area contributed by atoms with Crippen molar-refractivity contribution >= 4 is 23.3 Å². The molecule has 0 heterocycles. The first-order valence-electron chi connectivity index (χ1n) is 3.62. The average molecular weight is 186 g/mol. The second-order valence-electron chi connectivity index (χ2n) is 2.43. The van der Waals surface area contributed by atoms with Crippen molar-refractivity contribution in [3.63, 3.8) is 0 Å². The Morgan fingerprint density at radius 2 is 2.17 bits per heavy atom. The van der Waals surface area contributed by atoms with E-state index in [0.717, 1.165) is 0 Å². The van der Waals surface area contributed by atoms with Crippen LogP contribution >= 0.6 is 11.8 Å². The number of rotatable bonds is 5. The number of hydrogen-bond donors (Lipinski definition) is 2. The second-order valence-corrected chi connectivity index (χ2v) is 3.29. The van der Waals surface area contributed by atoms with Gasteiger partial charge < -0.3 is 10.7 Å². The van der Waals surface area contributed by atoms with Crippen LogP contribution in [0.15, 0.2) is 11.1 Å². The summed E-state index contributed by atoms with van der Waals surface area (Å²) >= 11 is 1.45. The molecule has 0 aliphatic carbocycles. The lowest BCUT2D eigenvalue weighted by Crippen LogP contribution is -2.12. The molecule has 3 nitrogen and oxygen atoms in total. The number of allylic oxidation sites excluding steroid dienone is 1. The Balaban J connectivity index is 3.95. The average Bonchev–Trinajstić information content (AvgIpc) is 1.96. The number of Topliss-reactive ketones (excluding diaryl/α,β-unsaturated/α-hetero) is 1. The first kappa shape index (κ1) is 11.2. The molecule has 0 amide bonds. The maximum absolute atomic E-state index is 10.9. The van der Waals surface area contributed by atoms with Gasteiger partial charge in [0.25, 0.3) is 0 Å². The summed E-state index contributed by atoms with van der Waals surface area (Å²) < 4.78 is 0. The Bertz CT molecular complexity index is 211. The van der Waals surface area contributed by atoms with Gasteiger partial charge in [-0.05, 0) is 12.3 Å². The largest absolute Gasteiger partial charge is 0.385 e. The summed E-state index contributed by atoms with van der Waals surface area (Å²) in [5, 5.41) is 11.7. The third kappa shape index (κ3) is 4.96. The van der Waals surface area contributed by atoms with Crippen molar-refractivity contribution in [3.05, 3.63) is 11.1 Å². The van der Waals surface area contributed by atoms with E-state index in [2.05, 4.69) is 5.32 Å². The van der Waals surface area contributed by atoms with E-state index in [1.54, 1.807) is 19.4 Å². The van der Waals surface area contributed by atoms with Crippen LogP contribution in [-0.4, -0.2) is 24.3 Å². The van der Waals surface area contributed by atoms with Crippen molar-refractivity contribution in [1.82, 2.24) is 5.32 Å². The molecule has 0 saturated heterocycles. The van der Waals surface area contributed by atoms with Gasteiger partial charge in [0.15, 0.2) is 5.78 Å². The molecule has 12 heavy (non-hydrogen) atoms. The molecule has 0 saturated carbocycles. The molecule has 0 aliphatic heterocycles. The molecule has 0 aliphatic rings. The summed E-state index contributed by atoms with van der Waals surface area (Å²) in [5.41, 5.74) is 1.21. The van der Waals surface area contributed by atoms with E-state index < -0.39 is 0 Å². The van der Waals surface area contributed by atoms with Gasteiger partial charge in [-0.2, -0.15) is 0 Å². The van der Waals surface area contributed by atoms with Gasteiger partial charge in [0, 0.05) is 25.4 Å². The zero-order valence-electron chi connectivity index (χ0n) is 7.60. The maximum Gasteiger partial charge on any atom is 0.176 e. The highest BCUT2D eigenvalue weighted by Gasteiger charge is 1.98. The van der Waals surface area contributed by atoms with Gasteiger partial charge in [0.2, 0.25) is 0 Å². The normalized spacial score (nSPS) is 11.1. The topological polar surface area (TPSA) is 53.0 Å². The highest BCUT2D eigenvalue weighted by atomic mass is 32.2. The van der Waals surface area contributed by atoms with Crippen LogP contribution < -0.4 is 5.32 Å². The Hall–Kier alpha value is -0.770. The molecule has 4 heteroatoms. The van der Waals surface area contributed by atoms with Crippen LogP contribution in [0.2, 0.25) is 0 Å². The highest BCUT2D eigenvalue weighted by Crippen LogP contribution is 2.05. The van der Waals surface area contributed by atoms with Gasteiger partial charge in [-0.3, -0.25) is 4.79 Å². The summed E-state index contributed by atoms with van der Waals surface area (Å²) in [7, 11) is 1.71. The molecule has 0 aromatic rings. The number of thioether (sulfide) groups is 1. The van der Waals surface area contributed by atoms with Gasteiger partial charge in [-0.15, -0.1) is 11.8 Å². The third-order valence-electron chi connectivity index (χ3n) is 1.15. The summed E-state index contributed by atoms with van der Waals surface area (Å²) in [5.74, 6) is 0.658. The van der Waals surface area contributed by atoms with Crippen molar-refractivity contribution in [3.8, 4) is 0 Å². The minimum Gasteiger partial charge on any atom is -0.385 e. The van der Waals surface area contributed by atoms with Gasteiger partial charge in [-0.25, -0.2) is 0 Å². The van der Waals surface area contributed by atoms with E-state index in [9.17, 15) is 4.79 Å². The number of carbonyl (C=O) groups is 1. The lowest BCUT2D eigenvalue weighted by molar-refractivity contribution is -0.113. The first-order valence-corrected chi connectivity index (χ1v) is 4.67. The second kappa shape index (κ2) is 5.83. The zero-order valence-corrected chi connectivity index (χ0v) is 8.42. The van der Waals surface area contributed by atoms with Crippen molar-refractivity contribution < 1.29 is 4.79 Å². The Morgan fingerprint density at radius 3 is 2.50 bits per heavy atom. The van der Waals surface area contributed by atoms with E-state index in [1.165, 1.54) is 18.7 Å². The van der Waals surface area contributed by atoms with Crippen LogP contribution in [0.1, 0.15) is 13.8 Å². The van der Waals surface area contributed by atoms with Crippen LogP contribution in [0.4, 0.5) is 0 Å². The molecule has 0 atom stereocenters. The van der Waals surface area contributed by atoms with E-state index in [-0.39, 0.29) is 5.78 Å². The molecule has 0 bridgehead atoms. The van der Waals surface area contributed by atoms with Gasteiger partial charge in [0.05, 0.1) is 5.70 Å². The lowest BCUT2D eigenvalue weighted by atomic mass is 10.3. The summed E-state index contributed by atoms with van der Waals surface area (Å²) in [4.78, 5) is 10.9. The summed E-state index contributed by atoms with van der Waals surface area (Å²) in [6, 6.07) is 0. The molecule has 0 rings (SSSR count). The molecule has 68 valence electrons. The summed E-state index contributed by atoms with van der Waals surface area (Å²) in [6.07, 6.45) is 0. The fraction of sp³-hybridized carbons (Fsp3) is 0.500. The van der Waals surface area contributed by atoms with Crippen LogP contribution in [0.3, 0.4) is 0 Å². The Kier molecular flexibility index (Phi) is 5.45. The fourth-order valence-corrected chi connectivity index (χ4v) is 1.35. The highest BCUT2D eigenvalue weighted by molar-refractivity contribution is 8.02. The Morgan fingerprint density at radius 1 is 1.58 bits per heavy atom. The molecule has 0 radical (unpaired) electrons. The quantitative estimate of drug-likeness (QED) is 0.504. The predicted molar refractivity (Wildman–Crippen MR) is 53.7 cm³/mol. The number of hydrogen-bond acceptors (Lipinski definition) is 4. The zero-order chi connectivity index (χ0) is 9.56. The molecule has 2 N–H and O–H groups in total. The maximum atomic E-state index is 10.9. The van der Waals surface area contributed by atoms with Crippen LogP contribution in [-0.2, 0) is 4.79 Å². The predicted octanol–water partition coefficient (Wildman–Crippen LogP) is 1.41. The number of nitrogens with one attached hydrogen (secondary N) is 2. The van der Waals surface area contributed by atoms with Crippen LogP contribution in [0, 0.1) is 5.41 Å². The fourth-order valence-electron chi connectivity index (χ4n) is 0.568. The molecular weight excluding hydrogens is 172 g/mol. The van der Waals surface area contributed by atoms with Crippen LogP contribution in [0.25, 0.3) is 0 Å². The molecule has 0 fully saturated rings. The van der Waals surface area contributed by atoms with Crippen molar-refractivity contribution in [1.29, 1.82) is 5.41 Å². The monoisotopic (exact) mass is 186 g/mol. The molecule has 0 unspecified atom stereocenters. The van der Waals surface area contributed by atoms with Crippen molar-refractivity contribution in [2.45, 2.75) is 13.8 Å². The SMILES string of the molecule is CN/C(=C/SCC(C)=N)C(C)=O. The molecular formula is C8H14N2OS. The molecule has 0 aromatic heterocycles. The van der Waals surface area contributed by atoms with E-state index in [1.807, 2.05) is 0 Å².